The average molecular weight is 225 g/mol. The molecule has 0 spiro atoms. The molecule has 1 saturated carbocycles. The van der Waals surface area contributed by atoms with Crippen LogP contribution in [0.2, 0.25) is 0 Å². The number of hydrogen-bond donors (Lipinski definition) is 1. The first kappa shape index (κ1) is 12.4. The highest BCUT2D eigenvalue weighted by atomic mass is 16.5. The molecule has 2 heteroatoms. The minimum atomic E-state index is 0.486. The Labute approximate surface area is 100 Å². The third-order valence-electron chi connectivity index (χ3n) is 4.08. The molecule has 16 heavy (non-hydrogen) atoms. The Hall–Kier alpha value is -0.0800. The molecular weight excluding hydrogens is 198 g/mol. The minimum Gasteiger partial charge on any atom is -0.372 e. The van der Waals surface area contributed by atoms with Gasteiger partial charge in [-0.25, -0.2) is 0 Å². The Morgan fingerprint density at radius 2 is 1.88 bits per heavy atom. The highest BCUT2D eigenvalue weighted by Crippen LogP contribution is 2.30. The van der Waals surface area contributed by atoms with Crippen molar-refractivity contribution in [2.75, 3.05) is 13.1 Å². The topological polar surface area (TPSA) is 21.3 Å². The molecule has 2 atom stereocenters. The molecule has 1 aliphatic carbocycles. The summed E-state index contributed by atoms with van der Waals surface area (Å²) < 4.78 is 6.19. The van der Waals surface area contributed by atoms with Gasteiger partial charge < -0.3 is 10.1 Å². The zero-order valence-electron chi connectivity index (χ0n) is 10.7. The van der Waals surface area contributed by atoms with Gasteiger partial charge in [0.05, 0.1) is 12.2 Å². The van der Waals surface area contributed by atoms with Gasteiger partial charge in [-0.1, -0.05) is 45.4 Å². The molecule has 1 aliphatic heterocycles. The molecule has 1 N–H and O–H groups in total. The predicted molar refractivity (Wildman–Crippen MR) is 67.6 cm³/mol. The summed E-state index contributed by atoms with van der Waals surface area (Å²) in [6, 6.07) is 0. The molecule has 2 nitrogen and oxygen atoms in total. The second-order valence-corrected chi connectivity index (χ2v) is 5.57. The third kappa shape index (κ3) is 3.74. The normalized spacial score (nSPS) is 32.1. The summed E-state index contributed by atoms with van der Waals surface area (Å²) in [5.74, 6) is 0.955. The van der Waals surface area contributed by atoms with Crippen LogP contribution < -0.4 is 5.32 Å². The molecule has 2 unspecified atom stereocenters. The molecule has 0 aromatic rings. The maximum Gasteiger partial charge on any atom is 0.0706 e. The molecule has 2 fully saturated rings. The van der Waals surface area contributed by atoms with Gasteiger partial charge in [0.2, 0.25) is 0 Å². The maximum atomic E-state index is 6.19. The van der Waals surface area contributed by atoms with E-state index in [1.807, 2.05) is 0 Å². The van der Waals surface area contributed by atoms with Crippen molar-refractivity contribution >= 4 is 0 Å². The summed E-state index contributed by atoms with van der Waals surface area (Å²) in [6.45, 7) is 4.41. The van der Waals surface area contributed by atoms with Crippen LogP contribution in [0.1, 0.15) is 58.3 Å². The van der Waals surface area contributed by atoms with Crippen LogP contribution in [0.15, 0.2) is 0 Å². The lowest BCUT2D eigenvalue weighted by molar-refractivity contribution is -0.0510. The van der Waals surface area contributed by atoms with E-state index >= 15 is 0 Å². The van der Waals surface area contributed by atoms with Crippen LogP contribution in [0.4, 0.5) is 0 Å². The molecular formula is C14H27NO. The second kappa shape index (κ2) is 6.61. The fourth-order valence-electron chi connectivity index (χ4n) is 3.13. The third-order valence-corrected chi connectivity index (χ3v) is 4.08. The summed E-state index contributed by atoms with van der Waals surface area (Å²) in [7, 11) is 0. The number of ether oxygens (including phenoxy) is 1. The predicted octanol–water partition coefficient (Wildman–Crippen LogP) is 3.11. The highest BCUT2D eigenvalue weighted by molar-refractivity contribution is 4.78. The van der Waals surface area contributed by atoms with E-state index in [-0.39, 0.29) is 0 Å². The number of hydrogen-bond acceptors (Lipinski definition) is 2. The lowest BCUT2D eigenvalue weighted by atomic mass is 9.98. The van der Waals surface area contributed by atoms with Gasteiger partial charge in [0.15, 0.2) is 0 Å². The van der Waals surface area contributed by atoms with Crippen molar-refractivity contribution < 1.29 is 4.74 Å². The van der Waals surface area contributed by atoms with E-state index in [1.165, 1.54) is 51.4 Å². The lowest BCUT2D eigenvalue weighted by Crippen LogP contribution is -2.45. The Morgan fingerprint density at radius 3 is 2.62 bits per heavy atom. The number of nitrogens with one attached hydrogen (secondary N) is 1. The first-order valence-electron chi connectivity index (χ1n) is 7.24. The Balaban J connectivity index is 1.68. The lowest BCUT2D eigenvalue weighted by Gasteiger charge is -2.32. The zero-order valence-corrected chi connectivity index (χ0v) is 10.7. The van der Waals surface area contributed by atoms with Crippen LogP contribution in [0.25, 0.3) is 0 Å². The molecule has 0 radical (unpaired) electrons. The largest absolute Gasteiger partial charge is 0.372 e. The van der Waals surface area contributed by atoms with Crippen molar-refractivity contribution in [2.45, 2.75) is 70.5 Å². The van der Waals surface area contributed by atoms with Gasteiger partial charge in [0.25, 0.3) is 0 Å². The van der Waals surface area contributed by atoms with Crippen molar-refractivity contribution in [3.63, 3.8) is 0 Å². The van der Waals surface area contributed by atoms with E-state index in [2.05, 4.69) is 12.2 Å². The van der Waals surface area contributed by atoms with Crippen LogP contribution in [0, 0.1) is 5.92 Å². The van der Waals surface area contributed by atoms with Gasteiger partial charge >= 0.3 is 0 Å². The van der Waals surface area contributed by atoms with Crippen LogP contribution in [-0.2, 0) is 4.74 Å². The highest BCUT2D eigenvalue weighted by Gasteiger charge is 2.25. The fourth-order valence-corrected chi connectivity index (χ4v) is 3.13. The molecule has 0 amide bonds. The smallest absolute Gasteiger partial charge is 0.0706 e. The van der Waals surface area contributed by atoms with Gasteiger partial charge in [-0.3, -0.25) is 0 Å². The summed E-state index contributed by atoms with van der Waals surface area (Å²) in [6.07, 6.45) is 11.9. The van der Waals surface area contributed by atoms with Crippen molar-refractivity contribution in [3.8, 4) is 0 Å². The van der Waals surface area contributed by atoms with Crippen molar-refractivity contribution in [2.24, 2.45) is 5.92 Å². The van der Waals surface area contributed by atoms with Crippen LogP contribution in [0.5, 0.6) is 0 Å². The van der Waals surface area contributed by atoms with Crippen molar-refractivity contribution in [1.29, 1.82) is 0 Å². The second-order valence-electron chi connectivity index (χ2n) is 5.57. The molecule has 1 saturated heterocycles. The average Bonchev–Trinajstić information content (AvgIpc) is 2.80. The van der Waals surface area contributed by atoms with E-state index in [1.54, 1.807) is 0 Å². The van der Waals surface area contributed by atoms with Gasteiger partial charge in [0, 0.05) is 13.1 Å². The summed E-state index contributed by atoms with van der Waals surface area (Å²) in [4.78, 5) is 0. The van der Waals surface area contributed by atoms with E-state index in [9.17, 15) is 0 Å². The van der Waals surface area contributed by atoms with Crippen molar-refractivity contribution in [3.05, 3.63) is 0 Å². The summed E-state index contributed by atoms with van der Waals surface area (Å²) >= 11 is 0. The Bertz CT molecular complexity index is 189. The minimum absolute atomic E-state index is 0.486. The molecule has 0 aromatic heterocycles. The first-order chi connectivity index (χ1) is 7.88. The molecule has 0 bridgehead atoms. The standard InChI is InChI=1S/C14H27NO/c1-2-3-8-13-10-15-11-14(16-13)9-12-6-4-5-7-12/h12-15H,2-11H2,1H3. The van der Waals surface area contributed by atoms with E-state index < -0.39 is 0 Å². The van der Waals surface area contributed by atoms with Gasteiger partial charge in [-0.15, -0.1) is 0 Å². The fraction of sp³-hybridized carbons (Fsp3) is 1.00. The van der Waals surface area contributed by atoms with E-state index in [0.29, 0.717) is 12.2 Å². The monoisotopic (exact) mass is 225 g/mol. The maximum absolute atomic E-state index is 6.19. The van der Waals surface area contributed by atoms with Gasteiger partial charge in [0.1, 0.15) is 0 Å². The molecule has 1 heterocycles. The Morgan fingerprint density at radius 1 is 1.12 bits per heavy atom. The van der Waals surface area contributed by atoms with Crippen LogP contribution >= 0.6 is 0 Å². The van der Waals surface area contributed by atoms with Gasteiger partial charge in [-0.2, -0.15) is 0 Å². The molecule has 0 aromatic carbocycles. The van der Waals surface area contributed by atoms with Crippen LogP contribution in [0.3, 0.4) is 0 Å². The number of unbranched alkanes of at least 4 members (excludes halogenated alkanes) is 1. The van der Waals surface area contributed by atoms with Gasteiger partial charge in [-0.05, 0) is 18.8 Å². The molecule has 94 valence electrons. The summed E-state index contributed by atoms with van der Waals surface area (Å²) in [5, 5.41) is 3.54. The van der Waals surface area contributed by atoms with E-state index in [0.717, 1.165) is 19.0 Å². The number of morpholine rings is 1. The number of rotatable bonds is 5. The quantitative estimate of drug-likeness (QED) is 0.776. The molecule has 2 aliphatic rings. The SMILES string of the molecule is CCCCC1CNCC(CC2CCCC2)O1. The van der Waals surface area contributed by atoms with Crippen LogP contribution in [-0.4, -0.2) is 25.3 Å². The first-order valence-corrected chi connectivity index (χ1v) is 7.24. The van der Waals surface area contributed by atoms with Crippen molar-refractivity contribution in [1.82, 2.24) is 5.32 Å². The Kier molecular flexibility index (Phi) is 5.11. The summed E-state index contributed by atoms with van der Waals surface area (Å²) in [5.41, 5.74) is 0. The van der Waals surface area contributed by atoms with E-state index in [4.69, 9.17) is 4.74 Å². The zero-order chi connectivity index (χ0) is 11.2. The molecule has 2 rings (SSSR count).